The molecule has 0 spiro atoms. The van der Waals surface area contributed by atoms with Crippen LogP contribution in [-0.2, 0) is 27.1 Å². The van der Waals surface area contributed by atoms with E-state index in [2.05, 4.69) is 4.98 Å². The van der Waals surface area contributed by atoms with Crippen molar-refractivity contribution in [3.8, 4) is 0 Å². The summed E-state index contributed by atoms with van der Waals surface area (Å²) in [5.74, 6) is -22.5. The van der Waals surface area contributed by atoms with Gasteiger partial charge in [0.05, 0.1) is 0 Å². The second-order valence-corrected chi connectivity index (χ2v) is 5.59. The Hall–Kier alpha value is -2.48. The summed E-state index contributed by atoms with van der Waals surface area (Å²) in [6.07, 6.45) is -6.99. The number of rotatable bonds is 3. The first-order valence-corrected chi connectivity index (χ1v) is 6.74. The molecule has 27 heavy (non-hydrogen) atoms. The summed E-state index contributed by atoms with van der Waals surface area (Å²) in [5, 5.41) is 0. The highest BCUT2D eigenvalue weighted by atomic mass is 19.4. The number of imidazole rings is 1. The lowest BCUT2D eigenvalue weighted by atomic mass is 10.0. The second-order valence-electron chi connectivity index (χ2n) is 5.59. The van der Waals surface area contributed by atoms with Gasteiger partial charge >= 0.3 is 29.6 Å². The Bertz CT molecular complexity index is 1030. The van der Waals surface area contributed by atoms with E-state index < -0.39 is 52.2 Å². The molecule has 0 N–H and O–H groups in total. The molecule has 0 aliphatic rings. The highest BCUT2D eigenvalue weighted by molar-refractivity contribution is 5.71. The predicted molar refractivity (Wildman–Crippen MR) is 71.0 cm³/mol. The first-order valence-electron chi connectivity index (χ1n) is 6.74. The Balaban J connectivity index is 2.89. The SMILES string of the molecule is Cn1c(=O)c2c(nc(C(F)(F)C(F)(F)C(F)(F)C(F)(F)F)n2C)n(C)c1=O. The Morgan fingerprint density at radius 2 is 1.22 bits per heavy atom. The van der Waals surface area contributed by atoms with Crippen LogP contribution in [0.5, 0.6) is 0 Å². The van der Waals surface area contributed by atoms with Gasteiger partial charge in [0.25, 0.3) is 5.56 Å². The highest BCUT2D eigenvalue weighted by Gasteiger charge is 2.83. The molecular weight excluding hydrogens is 403 g/mol. The zero-order valence-corrected chi connectivity index (χ0v) is 13.5. The average molecular weight is 412 g/mol. The minimum atomic E-state index is -7.11. The van der Waals surface area contributed by atoms with Crippen LogP contribution in [0.4, 0.5) is 39.5 Å². The van der Waals surface area contributed by atoms with Crippen LogP contribution in [0.2, 0.25) is 0 Å². The summed E-state index contributed by atoms with van der Waals surface area (Å²) in [7, 11) is 2.34. The summed E-state index contributed by atoms with van der Waals surface area (Å²) in [6.45, 7) is 0. The van der Waals surface area contributed by atoms with Gasteiger partial charge in [-0.15, -0.1) is 0 Å². The van der Waals surface area contributed by atoms with Crippen LogP contribution in [0.3, 0.4) is 0 Å². The molecule has 2 rings (SSSR count). The summed E-state index contributed by atoms with van der Waals surface area (Å²) >= 11 is 0. The van der Waals surface area contributed by atoms with E-state index in [1.54, 1.807) is 0 Å². The molecule has 0 bridgehead atoms. The fraction of sp³-hybridized carbons (Fsp3) is 0.583. The molecule has 0 aliphatic carbocycles. The van der Waals surface area contributed by atoms with Gasteiger partial charge < -0.3 is 4.57 Å². The van der Waals surface area contributed by atoms with Crippen LogP contribution in [0, 0.1) is 0 Å². The fourth-order valence-corrected chi connectivity index (χ4v) is 2.31. The first-order chi connectivity index (χ1) is 11.9. The van der Waals surface area contributed by atoms with Crippen molar-refractivity contribution < 1.29 is 39.5 Å². The molecule has 2 aromatic heterocycles. The molecule has 0 saturated carbocycles. The summed E-state index contributed by atoms with van der Waals surface area (Å²) in [6, 6.07) is 0. The number of nitrogens with zero attached hydrogens (tertiary/aromatic N) is 4. The van der Waals surface area contributed by atoms with E-state index in [9.17, 15) is 49.1 Å². The van der Waals surface area contributed by atoms with Crippen molar-refractivity contribution in [2.45, 2.75) is 23.9 Å². The molecule has 0 radical (unpaired) electrons. The minimum Gasteiger partial charge on any atom is -0.320 e. The molecular formula is C12H9F9N4O2. The largest absolute Gasteiger partial charge is 0.460 e. The average Bonchev–Trinajstić information content (AvgIpc) is 2.87. The number of aromatic nitrogens is 4. The van der Waals surface area contributed by atoms with Gasteiger partial charge in [-0.2, -0.15) is 39.5 Å². The van der Waals surface area contributed by atoms with Gasteiger partial charge in [0.2, 0.25) is 0 Å². The van der Waals surface area contributed by atoms with Crippen molar-refractivity contribution in [3.05, 3.63) is 26.7 Å². The third-order valence-corrected chi connectivity index (χ3v) is 3.90. The van der Waals surface area contributed by atoms with Crippen molar-refractivity contribution in [1.29, 1.82) is 0 Å². The number of hydrogen-bond donors (Lipinski definition) is 0. The molecule has 0 fully saturated rings. The van der Waals surface area contributed by atoms with Crippen LogP contribution >= 0.6 is 0 Å². The van der Waals surface area contributed by atoms with Gasteiger partial charge in [0.15, 0.2) is 17.0 Å². The van der Waals surface area contributed by atoms with E-state index in [-0.39, 0.29) is 4.57 Å². The number of hydrogen-bond acceptors (Lipinski definition) is 3. The molecule has 0 aromatic carbocycles. The zero-order chi connectivity index (χ0) is 21.3. The predicted octanol–water partition coefficient (Wildman–Crippen LogP) is 1.90. The first kappa shape index (κ1) is 20.8. The molecule has 0 unspecified atom stereocenters. The third-order valence-electron chi connectivity index (χ3n) is 3.90. The van der Waals surface area contributed by atoms with E-state index >= 15 is 0 Å². The van der Waals surface area contributed by atoms with Crippen LogP contribution in [0.1, 0.15) is 5.82 Å². The second kappa shape index (κ2) is 5.51. The Morgan fingerprint density at radius 1 is 0.741 bits per heavy atom. The van der Waals surface area contributed by atoms with Crippen molar-refractivity contribution in [1.82, 2.24) is 18.7 Å². The summed E-state index contributed by atoms with van der Waals surface area (Å²) in [4.78, 5) is 26.6. The molecule has 6 nitrogen and oxygen atoms in total. The van der Waals surface area contributed by atoms with E-state index in [1.165, 1.54) is 0 Å². The maximum atomic E-state index is 14.1. The van der Waals surface area contributed by atoms with Crippen LogP contribution in [0.25, 0.3) is 11.2 Å². The number of fused-ring (bicyclic) bond motifs is 1. The summed E-state index contributed by atoms with van der Waals surface area (Å²) in [5.41, 5.74) is -4.18. The lowest BCUT2D eigenvalue weighted by molar-refractivity contribution is -0.400. The number of aryl methyl sites for hydroxylation is 2. The fourth-order valence-electron chi connectivity index (χ4n) is 2.31. The van der Waals surface area contributed by atoms with Crippen LogP contribution in [-0.4, -0.2) is 36.7 Å². The molecule has 2 aromatic rings. The van der Waals surface area contributed by atoms with Gasteiger partial charge in [-0.05, 0) is 0 Å². The molecule has 0 amide bonds. The smallest absolute Gasteiger partial charge is 0.320 e. The van der Waals surface area contributed by atoms with Gasteiger partial charge in [-0.3, -0.25) is 13.9 Å². The molecule has 0 aliphatic heterocycles. The highest BCUT2D eigenvalue weighted by Crippen LogP contribution is 2.56. The van der Waals surface area contributed by atoms with Crippen molar-refractivity contribution in [2.24, 2.45) is 21.1 Å². The number of halogens is 9. The maximum Gasteiger partial charge on any atom is 0.460 e. The normalized spacial score (nSPS) is 14.2. The summed E-state index contributed by atoms with van der Waals surface area (Å²) < 4.78 is 119. The van der Waals surface area contributed by atoms with E-state index in [4.69, 9.17) is 0 Å². The van der Waals surface area contributed by atoms with Crippen molar-refractivity contribution in [3.63, 3.8) is 0 Å². The Labute approximate surface area is 142 Å². The monoisotopic (exact) mass is 412 g/mol. The van der Waals surface area contributed by atoms with Crippen molar-refractivity contribution >= 4 is 11.2 Å². The molecule has 152 valence electrons. The molecule has 15 heteroatoms. The molecule has 2 heterocycles. The van der Waals surface area contributed by atoms with E-state index in [0.29, 0.717) is 16.2 Å². The van der Waals surface area contributed by atoms with E-state index in [1.807, 2.05) is 0 Å². The standard InChI is InChI=1S/C12H9F9N4O2/c1-23-4-5(24(2)8(27)25(3)6(4)26)22-7(23)9(13,14)10(15,16)11(17,18)12(19,20)21/h1-3H3. The van der Waals surface area contributed by atoms with Crippen LogP contribution in [0.15, 0.2) is 9.59 Å². The maximum absolute atomic E-state index is 14.1. The lowest BCUT2D eigenvalue weighted by Gasteiger charge is -2.33. The van der Waals surface area contributed by atoms with Crippen molar-refractivity contribution in [2.75, 3.05) is 0 Å². The topological polar surface area (TPSA) is 61.8 Å². The van der Waals surface area contributed by atoms with Crippen LogP contribution < -0.4 is 11.2 Å². The van der Waals surface area contributed by atoms with Gasteiger partial charge in [-0.1, -0.05) is 0 Å². The zero-order valence-electron chi connectivity index (χ0n) is 13.5. The van der Waals surface area contributed by atoms with Gasteiger partial charge in [0.1, 0.15) is 0 Å². The Morgan fingerprint density at radius 3 is 1.67 bits per heavy atom. The Kier molecular flexibility index (Phi) is 4.25. The lowest BCUT2D eigenvalue weighted by Crippen LogP contribution is -2.60. The number of alkyl halides is 9. The quantitative estimate of drug-likeness (QED) is 0.724. The van der Waals surface area contributed by atoms with Gasteiger partial charge in [0, 0.05) is 21.1 Å². The minimum absolute atomic E-state index is 0.0581. The molecule has 0 saturated heterocycles. The van der Waals surface area contributed by atoms with Gasteiger partial charge in [-0.25, -0.2) is 9.78 Å². The third kappa shape index (κ3) is 2.46. The molecule has 0 atom stereocenters. The van der Waals surface area contributed by atoms with E-state index in [0.717, 1.165) is 14.1 Å².